The molecule has 0 heterocycles. The van der Waals surface area contributed by atoms with E-state index in [1.807, 2.05) is 6.08 Å². The van der Waals surface area contributed by atoms with Gasteiger partial charge in [0.15, 0.2) is 0 Å². The maximum absolute atomic E-state index is 12.4. The molecule has 0 aromatic rings. The summed E-state index contributed by atoms with van der Waals surface area (Å²) < 4.78 is 5.46. The third-order valence-electron chi connectivity index (χ3n) is 11.7. The Morgan fingerprint density at radius 1 is 0.475 bits per heavy atom. The van der Waals surface area contributed by atoms with E-state index in [4.69, 9.17) is 4.74 Å². The lowest BCUT2D eigenvalue weighted by atomic mass is 10.0. The highest BCUT2D eigenvalue weighted by Gasteiger charge is 2.18. The Morgan fingerprint density at radius 3 is 1.34 bits per heavy atom. The molecule has 6 heteroatoms. The van der Waals surface area contributed by atoms with Gasteiger partial charge in [0.05, 0.1) is 25.4 Å². The van der Waals surface area contributed by atoms with Crippen molar-refractivity contribution in [1.82, 2.24) is 5.32 Å². The van der Waals surface area contributed by atoms with Gasteiger partial charge in [-0.1, -0.05) is 230 Å². The van der Waals surface area contributed by atoms with Crippen molar-refractivity contribution < 1.29 is 24.5 Å². The Kier molecular flexibility index (Phi) is 47.2. The predicted molar refractivity (Wildman–Crippen MR) is 255 cm³/mol. The number of aliphatic hydroxyl groups excluding tert-OH is 2. The van der Waals surface area contributed by atoms with Crippen molar-refractivity contribution in [2.45, 2.75) is 276 Å². The van der Waals surface area contributed by atoms with Gasteiger partial charge in [0.1, 0.15) is 0 Å². The number of amides is 1. The van der Waals surface area contributed by atoms with Gasteiger partial charge in [-0.3, -0.25) is 9.59 Å². The van der Waals surface area contributed by atoms with Crippen LogP contribution >= 0.6 is 0 Å². The molecule has 0 aliphatic heterocycles. The summed E-state index contributed by atoms with van der Waals surface area (Å²) in [5, 5.41) is 23.0. The Bertz CT molecular complexity index is 962. The van der Waals surface area contributed by atoms with Gasteiger partial charge in [0.25, 0.3) is 0 Å². The lowest BCUT2D eigenvalue weighted by Crippen LogP contribution is -2.45. The lowest BCUT2D eigenvalue weighted by Gasteiger charge is -2.20. The van der Waals surface area contributed by atoms with Crippen molar-refractivity contribution in [3.05, 3.63) is 36.5 Å². The van der Waals surface area contributed by atoms with Crippen LogP contribution < -0.4 is 5.32 Å². The van der Waals surface area contributed by atoms with Gasteiger partial charge in [0.2, 0.25) is 5.91 Å². The second-order valence-corrected chi connectivity index (χ2v) is 17.5. The first-order chi connectivity index (χ1) is 29.0. The number of hydrogen-bond acceptors (Lipinski definition) is 5. The summed E-state index contributed by atoms with van der Waals surface area (Å²) in [5.41, 5.74) is 0. The summed E-state index contributed by atoms with van der Waals surface area (Å²) in [4.78, 5) is 24.4. The van der Waals surface area contributed by atoms with Crippen LogP contribution in [0.25, 0.3) is 0 Å². The van der Waals surface area contributed by atoms with Gasteiger partial charge in [-0.2, -0.15) is 0 Å². The molecule has 0 aromatic heterocycles. The topological polar surface area (TPSA) is 95.9 Å². The third-order valence-corrected chi connectivity index (χ3v) is 11.7. The average Bonchev–Trinajstić information content (AvgIpc) is 3.24. The monoisotopic (exact) mass is 830 g/mol. The maximum Gasteiger partial charge on any atom is 0.305 e. The van der Waals surface area contributed by atoms with E-state index >= 15 is 0 Å². The molecule has 1 amide bonds. The average molecular weight is 830 g/mol. The van der Waals surface area contributed by atoms with E-state index in [2.05, 4.69) is 43.5 Å². The van der Waals surface area contributed by atoms with E-state index in [0.717, 1.165) is 51.4 Å². The van der Waals surface area contributed by atoms with E-state index in [9.17, 15) is 19.8 Å². The molecule has 6 nitrogen and oxygen atoms in total. The molecular formula is C53H99NO5. The molecule has 346 valence electrons. The second kappa shape index (κ2) is 48.7. The number of esters is 1. The fourth-order valence-electron chi connectivity index (χ4n) is 7.65. The van der Waals surface area contributed by atoms with Crippen LogP contribution in [-0.2, 0) is 14.3 Å². The predicted octanol–water partition coefficient (Wildman–Crippen LogP) is 15.3. The molecule has 2 unspecified atom stereocenters. The van der Waals surface area contributed by atoms with Gasteiger partial charge < -0.3 is 20.3 Å². The zero-order valence-corrected chi connectivity index (χ0v) is 39.2. The minimum Gasteiger partial charge on any atom is -0.466 e. The van der Waals surface area contributed by atoms with Crippen molar-refractivity contribution in [1.29, 1.82) is 0 Å². The van der Waals surface area contributed by atoms with Crippen LogP contribution in [0, 0.1) is 0 Å². The minimum atomic E-state index is -0.847. The van der Waals surface area contributed by atoms with Crippen molar-refractivity contribution in [2.24, 2.45) is 0 Å². The fourth-order valence-corrected chi connectivity index (χ4v) is 7.65. The van der Waals surface area contributed by atoms with Crippen LogP contribution in [-0.4, -0.2) is 47.4 Å². The molecule has 0 aromatic carbocycles. The van der Waals surface area contributed by atoms with E-state index in [1.54, 1.807) is 6.08 Å². The van der Waals surface area contributed by atoms with Crippen LogP contribution in [0.1, 0.15) is 264 Å². The molecule has 2 atom stereocenters. The first-order valence-electron chi connectivity index (χ1n) is 25.8. The van der Waals surface area contributed by atoms with Gasteiger partial charge in [-0.05, 0) is 57.8 Å². The molecule has 0 aliphatic rings. The van der Waals surface area contributed by atoms with E-state index < -0.39 is 12.1 Å². The van der Waals surface area contributed by atoms with E-state index in [-0.39, 0.29) is 18.5 Å². The quantitative estimate of drug-likeness (QED) is 0.0323. The zero-order chi connectivity index (χ0) is 43.0. The third kappa shape index (κ3) is 45.4. The van der Waals surface area contributed by atoms with Crippen molar-refractivity contribution in [2.75, 3.05) is 13.2 Å². The molecule has 0 saturated heterocycles. The number of carbonyl (C=O) groups excluding carboxylic acids is 2. The molecule has 0 saturated carbocycles. The lowest BCUT2D eigenvalue weighted by molar-refractivity contribution is -0.143. The summed E-state index contributed by atoms with van der Waals surface area (Å²) in [6.45, 7) is 4.82. The smallest absolute Gasteiger partial charge is 0.305 e. The highest BCUT2D eigenvalue weighted by molar-refractivity contribution is 5.76. The number of ether oxygens (including phenoxy) is 1. The molecule has 0 rings (SSSR count). The van der Waals surface area contributed by atoms with Crippen LogP contribution in [0.5, 0.6) is 0 Å². The number of unbranched alkanes of at least 4 members (excludes halogenated alkanes) is 32. The molecule has 0 fully saturated rings. The molecule has 0 bridgehead atoms. The van der Waals surface area contributed by atoms with Gasteiger partial charge in [-0.15, -0.1) is 0 Å². The summed E-state index contributed by atoms with van der Waals surface area (Å²) in [6.07, 6.45) is 58.6. The number of carbonyl (C=O) groups is 2. The first kappa shape index (κ1) is 57.1. The molecule has 0 aliphatic carbocycles. The highest BCUT2D eigenvalue weighted by atomic mass is 16.5. The molecular weight excluding hydrogens is 731 g/mol. The molecule has 0 spiro atoms. The van der Waals surface area contributed by atoms with E-state index in [0.29, 0.717) is 19.4 Å². The number of aliphatic hydroxyl groups is 2. The summed E-state index contributed by atoms with van der Waals surface area (Å²) in [5.74, 6) is -0.0867. The number of nitrogens with one attached hydrogen (secondary N) is 1. The molecule has 0 radical (unpaired) electrons. The number of rotatable bonds is 47. The largest absolute Gasteiger partial charge is 0.466 e. The van der Waals surface area contributed by atoms with Gasteiger partial charge >= 0.3 is 5.97 Å². The Balaban J connectivity index is 3.44. The minimum absolute atomic E-state index is 0.0110. The first-order valence-corrected chi connectivity index (χ1v) is 25.8. The SMILES string of the molecule is CCCC/C=C\C/C=C\CCCCCCCC(=O)OCCCCCCCCCCCCCCCCCCCC(=O)NC(CO)C(O)/C=C/CCCCCCCCCCC. The van der Waals surface area contributed by atoms with Crippen molar-refractivity contribution in [3.63, 3.8) is 0 Å². The number of allylic oxidation sites excluding steroid dienone is 5. The Hall–Kier alpha value is -1.92. The van der Waals surface area contributed by atoms with E-state index in [1.165, 1.54) is 186 Å². The highest BCUT2D eigenvalue weighted by Crippen LogP contribution is 2.16. The van der Waals surface area contributed by atoms with Gasteiger partial charge in [-0.25, -0.2) is 0 Å². The summed E-state index contributed by atoms with van der Waals surface area (Å²) in [6, 6.07) is -0.631. The van der Waals surface area contributed by atoms with Crippen LogP contribution in [0.3, 0.4) is 0 Å². The Labute approximate surface area is 366 Å². The second-order valence-electron chi connectivity index (χ2n) is 17.5. The van der Waals surface area contributed by atoms with Crippen LogP contribution in [0.2, 0.25) is 0 Å². The van der Waals surface area contributed by atoms with Crippen LogP contribution in [0.4, 0.5) is 0 Å². The van der Waals surface area contributed by atoms with Crippen LogP contribution in [0.15, 0.2) is 36.5 Å². The Morgan fingerprint density at radius 2 is 0.864 bits per heavy atom. The summed E-state index contributed by atoms with van der Waals surface area (Å²) in [7, 11) is 0. The van der Waals surface area contributed by atoms with Crippen molar-refractivity contribution >= 4 is 11.9 Å². The molecule has 3 N–H and O–H groups in total. The maximum atomic E-state index is 12.4. The number of hydrogen-bond donors (Lipinski definition) is 3. The van der Waals surface area contributed by atoms with Gasteiger partial charge in [0, 0.05) is 12.8 Å². The van der Waals surface area contributed by atoms with Crippen molar-refractivity contribution in [3.8, 4) is 0 Å². The summed E-state index contributed by atoms with van der Waals surface area (Å²) >= 11 is 0. The normalized spacial score (nSPS) is 12.9. The standard InChI is InChI=1S/C53H99NO5/c1-3-5-7-9-11-13-15-16-23-27-31-35-39-43-47-53(58)59-48-44-40-36-32-28-24-21-19-17-18-20-22-26-30-34-38-42-46-52(57)54-50(49-55)51(56)45-41-37-33-29-25-14-12-10-8-6-4-2/h9,11,15-16,41,45,50-51,55-56H,3-8,10,12-14,17-40,42-44,46-49H2,1-2H3,(H,54,57)/b11-9-,16-15-,45-41+. The fraction of sp³-hybridized carbons (Fsp3) is 0.849. The molecule has 59 heavy (non-hydrogen) atoms. The zero-order valence-electron chi connectivity index (χ0n) is 39.2.